The Hall–Kier alpha value is -3.23. The second-order valence-electron chi connectivity index (χ2n) is 7.35. The number of nitrogens with zero attached hydrogens (tertiary/aromatic N) is 2. The van der Waals surface area contributed by atoms with Crippen LogP contribution in [0.1, 0.15) is 22.7 Å². The zero-order chi connectivity index (χ0) is 18.5. The van der Waals surface area contributed by atoms with Gasteiger partial charge in [0.2, 0.25) is 11.8 Å². The smallest absolute Gasteiger partial charge is 0.240 e. The molecular weight excluding hydrogens is 338 g/mol. The summed E-state index contributed by atoms with van der Waals surface area (Å²) in [7, 11) is 0. The van der Waals surface area contributed by atoms with Crippen molar-refractivity contribution < 1.29 is 14.5 Å². The van der Waals surface area contributed by atoms with Crippen molar-refractivity contribution in [3.63, 3.8) is 0 Å². The van der Waals surface area contributed by atoms with Gasteiger partial charge in [0.05, 0.1) is 12.7 Å². The number of fused-ring (bicyclic) bond motifs is 5. The van der Waals surface area contributed by atoms with Crippen LogP contribution >= 0.6 is 0 Å². The number of carbonyl (C=O) groups excluding carboxylic acids is 2. The first kappa shape index (κ1) is 16.0. The van der Waals surface area contributed by atoms with Gasteiger partial charge in [-0.2, -0.15) is 5.26 Å². The zero-order valence-corrected chi connectivity index (χ0v) is 14.6. The topological polar surface area (TPSA) is 65.6 Å². The SMILES string of the molecule is N#C[C@@H]1[C@@H]2C(=O)N(Cc3ccccc3)C(=O)[C@@H]2[C@@H]2c3ccccc3C=C[NH+]12. The van der Waals surface area contributed by atoms with Gasteiger partial charge in [0.1, 0.15) is 23.9 Å². The number of rotatable bonds is 2. The normalized spacial score (nSPS) is 30.6. The van der Waals surface area contributed by atoms with Crippen molar-refractivity contribution in [1.29, 1.82) is 5.26 Å². The van der Waals surface area contributed by atoms with Gasteiger partial charge in [0, 0.05) is 5.56 Å². The lowest BCUT2D eigenvalue weighted by Gasteiger charge is -2.28. The van der Waals surface area contributed by atoms with E-state index in [9.17, 15) is 14.9 Å². The molecule has 2 aromatic rings. The number of benzene rings is 2. The van der Waals surface area contributed by atoms with Crippen LogP contribution in [0.2, 0.25) is 0 Å². The van der Waals surface area contributed by atoms with E-state index in [-0.39, 0.29) is 24.4 Å². The molecule has 5 heteroatoms. The molecule has 0 aliphatic carbocycles. The summed E-state index contributed by atoms with van der Waals surface area (Å²) in [5, 5.41) is 9.79. The number of quaternary nitrogens is 1. The van der Waals surface area contributed by atoms with Gasteiger partial charge in [0.15, 0.2) is 6.04 Å². The molecule has 2 saturated heterocycles. The fraction of sp³-hybridized carbons (Fsp3) is 0.227. The average molecular weight is 356 g/mol. The molecule has 27 heavy (non-hydrogen) atoms. The summed E-state index contributed by atoms with van der Waals surface area (Å²) in [5.41, 5.74) is 3.02. The number of likely N-dealkylation sites (tertiary alicyclic amines) is 1. The number of hydrogen-bond acceptors (Lipinski definition) is 3. The van der Waals surface area contributed by atoms with Crippen LogP contribution in [0.3, 0.4) is 0 Å². The quantitative estimate of drug-likeness (QED) is 0.825. The van der Waals surface area contributed by atoms with Gasteiger partial charge in [-0.3, -0.25) is 19.4 Å². The summed E-state index contributed by atoms with van der Waals surface area (Å²) in [6.45, 7) is 0.267. The predicted octanol–water partition coefficient (Wildman–Crippen LogP) is 1.30. The highest BCUT2D eigenvalue weighted by molar-refractivity contribution is 6.06. The van der Waals surface area contributed by atoms with Crippen LogP contribution in [0.25, 0.3) is 6.08 Å². The van der Waals surface area contributed by atoms with Crippen molar-refractivity contribution in [2.24, 2.45) is 11.8 Å². The maximum absolute atomic E-state index is 13.3. The largest absolute Gasteiger partial charge is 0.287 e. The van der Waals surface area contributed by atoms with Gasteiger partial charge in [-0.15, -0.1) is 0 Å². The van der Waals surface area contributed by atoms with Crippen LogP contribution in [0.5, 0.6) is 0 Å². The minimum Gasteiger partial charge on any atom is -0.287 e. The molecule has 3 heterocycles. The molecule has 3 aliphatic heterocycles. The third kappa shape index (κ3) is 2.20. The van der Waals surface area contributed by atoms with E-state index in [1.165, 1.54) is 4.90 Å². The van der Waals surface area contributed by atoms with Crippen LogP contribution in [-0.4, -0.2) is 22.8 Å². The van der Waals surface area contributed by atoms with Crippen LogP contribution in [-0.2, 0) is 16.1 Å². The number of amides is 2. The summed E-state index contributed by atoms with van der Waals surface area (Å²) in [5.74, 6) is -1.43. The monoisotopic (exact) mass is 356 g/mol. The first-order valence-corrected chi connectivity index (χ1v) is 9.13. The summed E-state index contributed by atoms with van der Waals surface area (Å²) < 4.78 is 0. The van der Waals surface area contributed by atoms with Crippen molar-refractivity contribution in [3.8, 4) is 6.07 Å². The molecule has 0 bridgehead atoms. The van der Waals surface area contributed by atoms with Crippen molar-refractivity contribution in [2.45, 2.75) is 18.6 Å². The minimum absolute atomic E-state index is 0.154. The molecule has 2 aromatic carbocycles. The highest BCUT2D eigenvalue weighted by atomic mass is 16.2. The molecule has 1 unspecified atom stereocenters. The minimum atomic E-state index is -0.581. The van der Waals surface area contributed by atoms with Crippen LogP contribution < -0.4 is 4.90 Å². The third-order valence-electron chi connectivity index (χ3n) is 6.03. The zero-order valence-electron chi connectivity index (χ0n) is 14.6. The average Bonchev–Trinajstić information content (AvgIpc) is 3.17. The Morgan fingerprint density at radius 2 is 1.67 bits per heavy atom. The second kappa shape index (κ2) is 5.90. The molecule has 0 saturated carbocycles. The van der Waals surface area contributed by atoms with Crippen molar-refractivity contribution in [2.75, 3.05) is 0 Å². The molecule has 1 N–H and O–H groups in total. The Bertz CT molecular complexity index is 1010. The van der Waals surface area contributed by atoms with Gasteiger partial charge in [-0.25, -0.2) is 0 Å². The molecule has 132 valence electrons. The summed E-state index contributed by atoms with van der Waals surface area (Å²) in [6.07, 6.45) is 3.94. The second-order valence-corrected chi connectivity index (χ2v) is 7.35. The lowest BCUT2D eigenvalue weighted by atomic mass is 9.85. The van der Waals surface area contributed by atoms with E-state index in [0.29, 0.717) is 0 Å². The Morgan fingerprint density at radius 3 is 2.44 bits per heavy atom. The molecule has 0 radical (unpaired) electrons. The Labute approximate surface area is 157 Å². The van der Waals surface area contributed by atoms with Crippen LogP contribution in [0.4, 0.5) is 0 Å². The Morgan fingerprint density at radius 1 is 0.963 bits per heavy atom. The molecule has 0 aromatic heterocycles. The molecule has 5 nitrogen and oxygen atoms in total. The lowest BCUT2D eigenvalue weighted by Crippen LogP contribution is -3.10. The fourth-order valence-electron chi connectivity index (χ4n) is 4.87. The lowest BCUT2D eigenvalue weighted by molar-refractivity contribution is -0.886. The molecule has 2 fully saturated rings. The molecule has 5 atom stereocenters. The van der Waals surface area contributed by atoms with Gasteiger partial charge in [0.25, 0.3) is 0 Å². The van der Waals surface area contributed by atoms with Gasteiger partial charge in [-0.05, 0) is 17.2 Å². The van der Waals surface area contributed by atoms with Crippen molar-refractivity contribution in [3.05, 3.63) is 77.5 Å². The summed E-state index contributed by atoms with van der Waals surface area (Å²) in [4.78, 5) is 28.7. The van der Waals surface area contributed by atoms with E-state index < -0.39 is 17.9 Å². The first-order valence-electron chi connectivity index (χ1n) is 9.13. The molecule has 3 aliphatic rings. The van der Waals surface area contributed by atoms with E-state index in [4.69, 9.17) is 0 Å². The maximum Gasteiger partial charge on any atom is 0.240 e. The van der Waals surface area contributed by atoms with E-state index in [1.807, 2.05) is 66.9 Å². The van der Waals surface area contributed by atoms with Crippen LogP contribution in [0.15, 0.2) is 60.8 Å². The number of imide groups is 1. The summed E-state index contributed by atoms with van der Waals surface area (Å²) in [6, 6.07) is 19.1. The Kier molecular flexibility index (Phi) is 3.49. The first-order chi connectivity index (χ1) is 13.2. The Balaban J connectivity index is 1.56. The molecule has 2 amide bonds. The molecule has 5 rings (SSSR count). The van der Waals surface area contributed by atoms with E-state index >= 15 is 0 Å². The highest BCUT2D eigenvalue weighted by Gasteiger charge is 2.66. The van der Waals surface area contributed by atoms with Crippen molar-refractivity contribution >= 4 is 17.9 Å². The van der Waals surface area contributed by atoms with E-state index in [1.54, 1.807) is 0 Å². The van der Waals surface area contributed by atoms with Crippen LogP contribution in [0, 0.1) is 23.2 Å². The number of carbonyl (C=O) groups is 2. The predicted molar refractivity (Wildman–Crippen MR) is 97.6 cm³/mol. The molecular formula is C22H18N3O2+. The fourth-order valence-corrected chi connectivity index (χ4v) is 4.87. The summed E-state index contributed by atoms with van der Waals surface area (Å²) >= 11 is 0. The number of hydrogen-bond donors (Lipinski definition) is 1. The van der Waals surface area contributed by atoms with E-state index in [2.05, 4.69) is 6.07 Å². The standard InChI is InChI=1S/C22H17N3O2/c23-12-17-18-19(20-16-9-5-4-8-15(16)10-11-24(17)20)22(27)25(21(18)26)13-14-6-2-1-3-7-14/h1-11,17-20H,13H2/p+1/t17-,18+,19+,20+/m1/s1. The van der Waals surface area contributed by atoms with E-state index in [0.717, 1.165) is 21.6 Å². The van der Waals surface area contributed by atoms with Crippen molar-refractivity contribution in [1.82, 2.24) is 4.90 Å². The molecule has 0 spiro atoms. The number of nitriles is 1. The van der Waals surface area contributed by atoms with Gasteiger partial charge in [-0.1, -0.05) is 54.6 Å². The third-order valence-corrected chi connectivity index (χ3v) is 6.03. The van der Waals surface area contributed by atoms with Gasteiger partial charge >= 0.3 is 0 Å². The maximum atomic E-state index is 13.3. The number of nitrogens with one attached hydrogen (secondary N) is 1. The van der Waals surface area contributed by atoms with Gasteiger partial charge < -0.3 is 0 Å². The highest BCUT2D eigenvalue weighted by Crippen LogP contribution is 2.43.